The van der Waals surface area contributed by atoms with Crippen LogP contribution in [0, 0.1) is 6.92 Å². The van der Waals surface area contributed by atoms with Crippen LogP contribution in [0.3, 0.4) is 0 Å². The molecule has 33 heavy (non-hydrogen) atoms. The van der Waals surface area contributed by atoms with Crippen molar-refractivity contribution in [2.24, 2.45) is 0 Å². The van der Waals surface area contributed by atoms with Gasteiger partial charge < -0.3 is 9.47 Å². The van der Waals surface area contributed by atoms with Crippen LogP contribution in [0.5, 0.6) is 0 Å². The number of aromatic nitrogens is 1. The maximum Gasteiger partial charge on any atom is 0.410 e. The molecular formula is C28H26N2O3. The lowest BCUT2D eigenvalue weighted by molar-refractivity contribution is -0.0331. The normalized spacial score (nSPS) is 21.2. The highest BCUT2D eigenvalue weighted by Crippen LogP contribution is 2.44. The fourth-order valence-corrected chi connectivity index (χ4v) is 5.49. The summed E-state index contributed by atoms with van der Waals surface area (Å²) in [6.07, 6.45) is 6.39. The zero-order valence-electron chi connectivity index (χ0n) is 18.6. The molecule has 6 rings (SSSR count). The number of morpholine rings is 1. The van der Waals surface area contributed by atoms with Crippen LogP contribution in [0.4, 0.5) is 4.79 Å². The molecule has 3 aliphatic rings. The van der Waals surface area contributed by atoms with Gasteiger partial charge in [-0.25, -0.2) is 4.79 Å². The number of amides is 1. The fraction of sp³-hybridized carbons (Fsp3) is 0.286. The van der Waals surface area contributed by atoms with Gasteiger partial charge in [-0.1, -0.05) is 54.6 Å². The van der Waals surface area contributed by atoms with Gasteiger partial charge in [-0.05, 0) is 58.4 Å². The molecule has 0 spiro atoms. The molecule has 0 N–H and O–H groups in total. The molecule has 2 aromatic carbocycles. The largest absolute Gasteiger partial charge is 0.448 e. The molecule has 2 aliphatic heterocycles. The number of ether oxygens (including phenoxy) is 2. The zero-order valence-corrected chi connectivity index (χ0v) is 18.6. The number of fused-ring (bicyclic) bond motifs is 5. The van der Waals surface area contributed by atoms with Crippen molar-refractivity contribution in [2.75, 3.05) is 19.8 Å². The molecule has 3 heterocycles. The average Bonchev–Trinajstić information content (AvgIpc) is 3.15. The predicted octanol–water partition coefficient (Wildman–Crippen LogP) is 5.20. The molecule has 5 heteroatoms. The highest BCUT2D eigenvalue weighted by molar-refractivity contribution is 5.79. The van der Waals surface area contributed by atoms with Gasteiger partial charge in [-0.15, -0.1) is 0 Å². The van der Waals surface area contributed by atoms with Crippen molar-refractivity contribution in [1.29, 1.82) is 0 Å². The number of benzene rings is 2. The Labute approximate surface area is 193 Å². The Morgan fingerprint density at radius 2 is 1.79 bits per heavy atom. The van der Waals surface area contributed by atoms with Gasteiger partial charge in [0.25, 0.3) is 0 Å². The lowest BCUT2D eigenvalue weighted by Crippen LogP contribution is -2.56. The van der Waals surface area contributed by atoms with Gasteiger partial charge in [0.05, 0.1) is 25.3 Å². The molecule has 3 aromatic rings. The minimum atomic E-state index is -0.257. The van der Waals surface area contributed by atoms with E-state index in [1.54, 1.807) is 0 Å². The molecule has 2 atom stereocenters. The number of pyridine rings is 1. The predicted molar refractivity (Wildman–Crippen MR) is 127 cm³/mol. The summed E-state index contributed by atoms with van der Waals surface area (Å²) in [5.74, 6) is 0.0618. The molecular weight excluding hydrogens is 412 g/mol. The van der Waals surface area contributed by atoms with Crippen LogP contribution in [-0.2, 0) is 9.47 Å². The van der Waals surface area contributed by atoms with Crippen LogP contribution in [0.2, 0.25) is 0 Å². The quantitative estimate of drug-likeness (QED) is 0.564. The van der Waals surface area contributed by atoms with Gasteiger partial charge >= 0.3 is 6.09 Å². The Morgan fingerprint density at radius 1 is 1.06 bits per heavy atom. The SMILES string of the molecule is Cc1cncc(C2=CC3COCC(C2)N3C(=O)OCC2c3ccccc3-c3ccccc32)c1. The highest BCUT2D eigenvalue weighted by atomic mass is 16.6. The maximum atomic E-state index is 13.3. The number of aryl methyl sites for hydroxylation is 1. The molecule has 2 unspecified atom stereocenters. The first-order chi connectivity index (χ1) is 16.2. The first-order valence-corrected chi connectivity index (χ1v) is 11.5. The Kier molecular flexibility index (Phi) is 4.99. The Hall–Kier alpha value is -3.44. The van der Waals surface area contributed by atoms with Gasteiger partial charge in [0, 0.05) is 18.3 Å². The lowest BCUT2D eigenvalue weighted by atomic mass is 9.90. The number of rotatable bonds is 3. The monoisotopic (exact) mass is 438 g/mol. The van der Waals surface area contributed by atoms with Crippen LogP contribution in [0.1, 0.15) is 34.6 Å². The molecule has 2 bridgehead atoms. The summed E-state index contributed by atoms with van der Waals surface area (Å²) >= 11 is 0. The third-order valence-electron chi connectivity index (χ3n) is 6.99. The van der Waals surface area contributed by atoms with Gasteiger partial charge in [-0.2, -0.15) is 0 Å². The van der Waals surface area contributed by atoms with E-state index in [2.05, 4.69) is 65.7 Å². The molecule has 1 amide bonds. The third-order valence-corrected chi connectivity index (χ3v) is 6.99. The molecule has 1 aliphatic carbocycles. The zero-order chi connectivity index (χ0) is 22.4. The van der Waals surface area contributed by atoms with Crippen molar-refractivity contribution >= 4 is 11.7 Å². The summed E-state index contributed by atoms with van der Waals surface area (Å²) < 4.78 is 11.8. The van der Waals surface area contributed by atoms with E-state index in [1.165, 1.54) is 27.8 Å². The number of nitrogens with zero attached hydrogens (tertiary/aromatic N) is 2. The highest BCUT2D eigenvalue weighted by Gasteiger charge is 2.40. The van der Waals surface area contributed by atoms with Gasteiger partial charge in [0.2, 0.25) is 0 Å². The van der Waals surface area contributed by atoms with E-state index in [9.17, 15) is 4.79 Å². The van der Waals surface area contributed by atoms with Crippen molar-refractivity contribution in [3.8, 4) is 11.1 Å². The van der Waals surface area contributed by atoms with Crippen molar-refractivity contribution < 1.29 is 14.3 Å². The van der Waals surface area contributed by atoms with Gasteiger partial charge in [0.1, 0.15) is 6.61 Å². The second-order valence-corrected chi connectivity index (χ2v) is 9.12. The first kappa shape index (κ1) is 20.2. The fourth-order valence-electron chi connectivity index (χ4n) is 5.49. The number of carbonyl (C=O) groups is 1. The molecule has 1 fully saturated rings. The summed E-state index contributed by atoms with van der Waals surface area (Å²) in [5, 5.41) is 0. The van der Waals surface area contributed by atoms with Crippen molar-refractivity contribution in [3.63, 3.8) is 0 Å². The van der Waals surface area contributed by atoms with Crippen LogP contribution in [-0.4, -0.2) is 47.9 Å². The Balaban J connectivity index is 1.22. The van der Waals surface area contributed by atoms with E-state index in [4.69, 9.17) is 9.47 Å². The van der Waals surface area contributed by atoms with Crippen molar-refractivity contribution in [1.82, 2.24) is 9.88 Å². The Bertz CT molecular complexity index is 1210. The first-order valence-electron chi connectivity index (χ1n) is 11.5. The average molecular weight is 439 g/mol. The topological polar surface area (TPSA) is 51.7 Å². The lowest BCUT2D eigenvalue weighted by Gasteiger charge is -2.44. The van der Waals surface area contributed by atoms with E-state index in [0.717, 1.165) is 17.5 Å². The number of hydrogen-bond acceptors (Lipinski definition) is 4. The van der Waals surface area contributed by atoms with Crippen LogP contribution < -0.4 is 0 Å². The summed E-state index contributed by atoms with van der Waals surface area (Å²) in [6.45, 7) is 3.40. The molecule has 5 nitrogen and oxygen atoms in total. The van der Waals surface area contributed by atoms with E-state index in [1.807, 2.05) is 24.2 Å². The second kappa shape index (κ2) is 8.16. The third kappa shape index (κ3) is 3.53. The smallest absolute Gasteiger partial charge is 0.410 e. The maximum absolute atomic E-state index is 13.3. The second-order valence-electron chi connectivity index (χ2n) is 9.12. The van der Waals surface area contributed by atoms with Gasteiger partial charge in [-0.3, -0.25) is 9.88 Å². The number of carbonyl (C=O) groups excluding carboxylic acids is 1. The molecule has 0 radical (unpaired) electrons. The Morgan fingerprint density at radius 3 is 2.48 bits per heavy atom. The van der Waals surface area contributed by atoms with Crippen LogP contribution >= 0.6 is 0 Å². The molecule has 1 saturated heterocycles. The van der Waals surface area contributed by atoms with E-state index < -0.39 is 0 Å². The summed E-state index contributed by atoms with van der Waals surface area (Å²) in [6, 6.07) is 18.8. The summed E-state index contributed by atoms with van der Waals surface area (Å²) in [5.41, 5.74) is 8.40. The standard InChI is InChI=1S/C28H26N2O3/c1-18-10-20(14-29-13-18)19-11-21-15-32-16-22(12-19)30(21)28(31)33-17-27-25-8-4-2-6-23(25)24-7-3-5-9-26(24)27/h2-11,13-14,21-22,27H,12,15-17H2,1H3. The van der Waals surface area contributed by atoms with Crippen molar-refractivity contribution in [3.05, 3.63) is 95.3 Å². The molecule has 166 valence electrons. The summed E-state index contributed by atoms with van der Waals surface area (Å²) in [4.78, 5) is 19.5. The van der Waals surface area contributed by atoms with Gasteiger partial charge in [0.15, 0.2) is 0 Å². The van der Waals surface area contributed by atoms with Crippen LogP contribution in [0.25, 0.3) is 16.7 Å². The number of hydrogen-bond donors (Lipinski definition) is 0. The van der Waals surface area contributed by atoms with E-state index >= 15 is 0 Å². The van der Waals surface area contributed by atoms with E-state index in [0.29, 0.717) is 19.8 Å². The summed E-state index contributed by atoms with van der Waals surface area (Å²) in [7, 11) is 0. The van der Waals surface area contributed by atoms with Crippen molar-refractivity contribution in [2.45, 2.75) is 31.3 Å². The molecule has 0 saturated carbocycles. The molecule has 1 aromatic heterocycles. The minimum Gasteiger partial charge on any atom is -0.448 e. The minimum absolute atomic E-state index is 0.0279. The van der Waals surface area contributed by atoms with Crippen LogP contribution in [0.15, 0.2) is 73.1 Å². The van der Waals surface area contributed by atoms with E-state index in [-0.39, 0.29) is 24.1 Å².